The Kier molecular flexibility index (Phi) is 6.53. The first-order chi connectivity index (χ1) is 10.2. The Morgan fingerprint density at radius 3 is 3.05 bits per heavy atom. The van der Waals surface area contributed by atoms with Crippen molar-refractivity contribution in [3.05, 3.63) is 12.4 Å². The van der Waals surface area contributed by atoms with E-state index >= 15 is 0 Å². The molecule has 22 heavy (non-hydrogen) atoms. The molecule has 0 spiro atoms. The Hall–Kier alpha value is -0.780. The molecule has 3 unspecified atom stereocenters. The lowest BCUT2D eigenvalue weighted by molar-refractivity contribution is 0.0559. The smallest absolute Gasteiger partial charge is 0.0728 e. The van der Waals surface area contributed by atoms with Crippen LogP contribution in [0.5, 0.6) is 0 Å². The summed E-state index contributed by atoms with van der Waals surface area (Å²) >= 11 is 0. The van der Waals surface area contributed by atoms with Crippen molar-refractivity contribution in [1.82, 2.24) is 15.1 Å². The zero-order chi connectivity index (χ0) is 14.7. The molecular weight excluding hydrogens is 300 g/mol. The normalized spacial score (nSPS) is 28.6. The molecule has 0 amide bonds. The molecule has 2 N–H and O–H groups in total. The van der Waals surface area contributed by atoms with Gasteiger partial charge >= 0.3 is 0 Å². The first kappa shape index (κ1) is 17.6. The molecule has 6 heteroatoms. The van der Waals surface area contributed by atoms with Crippen LogP contribution in [0.3, 0.4) is 0 Å². The van der Waals surface area contributed by atoms with Crippen LogP contribution in [0.1, 0.15) is 33.1 Å². The molecule has 0 bridgehead atoms. The molecule has 1 aliphatic carbocycles. The van der Waals surface area contributed by atoms with Crippen LogP contribution >= 0.6 is 12.4 Å². The number of nitrogens with zero attached hydrogens (tertiary/aromatic N) is 2. The summed E-state index contributed by atoms with van der Waals surface area (Å²) in [6.07, 6.45) is 7.94. The quantitative estimate of drug-likeness (QED) is 0.872. The van der Waals surface area contributed by atoms with Gasteiger partial charge in [0.2, 0.25) is 0 Å². The highest BCUT2D eigenvalue weighted by Crippen LogP contribution is 2.31. The van der Waals surface area contributed by atoms with E-state index < -0.39 is 0 Å². The van der Waals surface area contributed by atoms with Crippen molar-refractivity contribution >= 4 is 18.1 Å². The van der Waals surface area contributed by atoms with Gasteiger partial charge in [-0.25, -0.2) is 0 Å². The second-order valence-electron chi connectivity index (χ2n) is 6.83. The molecule has 2 aliphatic rings. The summed E-state index contributed by atoms with van der Waals surface area (Å²) in [6, 6.07) is 1.05. The molecule has 1 saturated carbocycles. The molecule has 1 aliphatic heterocycles. The van der Waals surface area contributed by atoms with Crippen LogP contribution in [0.4, 0.5) is 5.69 Å². The number of halogens is 1. The molecule has 126 valence electrons. The molecule has 2 heterocycles. The van der Waals surface area contributed by atoms with Crippen molar-refractivity contribution in [3.63, 3.8) is 0 Å². The van der Waals surface area contributed by atoms with Crippen molar-refractivity contribution in [2.45, 2.75) is 51.7 Å². The van der Waals surface area contributed by atoms with Crippen LogP contribution in [0.25, 0.3) is 0 Å². The fourth-order valence-electron chi connectivity index (χ4n) is 3.64. The molecule has 1 aromatic rings. The Balaban J connectivity index is 0.00000176. The van der Waals surface area contributed by atoms with E-state index in [1.165, 1.54) is 19.3 Å². The van der Waals surface area contributed by atoms with E-state index in [4.69, 9.17) is 4.74 Å². The zero-order valence-corrected chi connectivity index (χ0v) is 14.4. The largest absolute Gasteiger partial charge is 0.379 e. The van der Waals surface area contributed by atoms with Crippen molar-refractivity contribution in [1.29, 1.82) is 0 Å². The van der Waals surface area contributed by atoms with E-state index in [2.05, 4.69) is 35.8 Å². The highest BCUT2D eigenvalue weighted by atomic mass is 35.5. The standard InChI is InChI=1S/C16H28N4O.ClH/c1-12(2)9-20-10-13(8-18-20)19-15-5-3-4-14(15)16-11-21-7-6-17-16;/h8,10,12,14-17,19H,3-7,9,11H2,1-2H3;1H. The van der Waals surface area contributed by atoms with E-state index in [1.54, 1.807) is 0 Å². The Morgan fingerprint density at radius 2 is 2.32 bits per heavy atom. The van der Waals surface area contributed by atoms with Gasteiger partial charge in [-0.3, -0.25) is 4.68 Å². The first-order valence-corrected chi connectivity index (χ1v) is 8.32. The third-order valence-corrected chi connectivity index (χ3v) is 4.57. The van der Waals surface area contributed by atoms with E-state index in [0.717, 1.165) is 32.0 Å². The average Bonchev–Trinajstić information content (AvgIpc) is 3.09. The lowest BCUT2D eigenvalue weighted by atomic mass is 9.94. The minimum absolute atomic E-state index is 0. The van der Waals surface area contributed by atoms with Gasteiger partial charge in [-0.15, -0.1) is 12.4 Å². The maximum Gasteiger partial charge on any atom is 0.0728 e. The average molecular weight is 329 g/mol. The van der Waals surface area contributed by atoms with E-state index in [-0.39, 0.29) is 12.4 Å². The van der Waals surface area contributed by atoms with Gasteiger partial charge < -0.3 is 15.4 Å². The second-order valence-corrected chi connectivity index (χ2v) is 6.83. The Morgan fingerprint density at radius 1 is 1.45 bits per heavy atom. The monoisotopic (exact) mass is 328 g/mol. The molecule has 3 rings (SSSR count). The van der Waals surface area contributed by atoms with Gasteiger partial charge in [0, 0.05) is 31.4 Å². The molecule has 0 aromatic carbocycles. The molecule has 3 atom stereocenters. The van der Waals surface area contributed by atoms with E-state index in [1.807, 2.05) is 10.9 Å². The predicted molar refractivity (Wildman–Crippen MR) is 91.7 cm³/mol. The van der Waals surface area contributed by atoms with Crippen molar-refractivity contribution in [2.24, 2.45) is 11.8 Å². The SMILES string of the molecule is CC(C)Cn1cc(NC2CCCC2C2COCCN2)cn1.Cl. The number of hydrogen-bond donors (Lipinski definition) is 2. The van der Waals surface area contributed by atoms with Crippen molar-refractivity contribution < 1.29 is 4.74 Å². The minimum atomic E-state index is 0. The number of ether oxygens (including phenoxy) is 1. The highest BCUT2D eigenvalue weighted by molar-refractivity contribution is 5.85. The maximum atomic E-state index is 5.63. The van der Waals surface area contributed by atoms with Gasteiger partial charge in [-0.05, 0) is 24.7 Å². The van der Waals surface area contributed by atoms with Crippen molar-refractivity contribution in [2.75, 3.05) is 25.1 Å². The zero-order valence-electron chi connectivity index (χ0n) is 13.6. The molecule has 0 radical (unpaired) electrons. The summed E-state index contributed by atoms with van der Waals surface area (Å²) in [4.78, 5) is 0. The van der Waals surface area contributed by atoms with E-state index in [9.17, 15) is 0 Å². The van der Waals surface area contributed by atoms with Crippen LogP contribution in [-0.2, 0) is 11.3 Å². The van der Waals surface area contributed by atoms with Crippen LogP contribution < -0.4 is 10.6 Å². The summed E-state index contributed by atoms with van der Waals surface area (Å²) in [5.74, 6) is 1.29. The molecular formula is C16H29ClN4O. The van der Waals surface area contributed by atoms with Gasteiger partial charge in [0.1, 0.15) is 0 Å². The maximum absolute atomic E-state index is 5.63. The summed E-state index contributed by atoms with van der Waals surface area (Å²) < 4.78 is 7.67. The topological polar surface area (TPSA) is 51.1 Å². The molecule has 2 fully saturated rings. The van der Waals surface area contributed by atoms with E-state index in [0.29, 0.717) is 23.9 Å². The number of hydrogen-bond acceptors (Lipinski definition) is 4. The summed E-state index contributed by atoms with van der Waals surface area (Å²) in [5.41, 5.74) is 1.16. The lowest BCUT2D eigenvalue weighted by Crippen LogP contribution is -2.49. The summed E-state index contributed by atoms with van der Waals surface area (Å²) in [5, 5.41) is 11.8. The molecule has 5 nitrogen and oxygen atoms in total. The molecule has 1 aromatic heterocycles. The number of morpholine rings is 1. The van der Waals surface area contributed by atoms with Crippen LogP contribution in [0, 0.1) is 11.8 Å². The van der Waals surface area contributed by atoms with Gasteiger partial charge in [0.25, 0.3) is 0 Å². The van der Waals surface area contributed by atoms with Gasteiger partial charge in [-0.2, -0.15) is 5.10 Å². The minimum Gasteiger partial charge on any atom is -0.379 e. The summed E-state index contributed by atoms with van der Waals surface area (Å²) in [7, 11) is 0. The van der Waals surface area contributed by atoms with Crippen LogP contribution in [-0.4, -0.2) is 41.6 Å². The van der Waals surface area contributed by atoms with Gasteiger partial charge in [-0.1, -0.05) is 20.3 Å². The summed E-state index contributed by atoms with van der Waals surface area (Å²) in [6.45, 7) is 8.11. The lowest BCUT2D eigenvalue weighted by Gasteiger charge is -2.33. The third-order valence-electron chi connectivity index (χ3n) is 4.57. The number of nitrogens with one attached hydrogen (secondary N) is 2. The van der Waals surface area contributed by atoms with Gasteiger partial charge in [0.15, 0.2) is 0 Å². The Bertz CT molecular complexity index is 445. The second kappa shape index (κ2) is 8.18. The fourth-order valence-corrected chi connectivity index (χ4v) is 3.64. The van der Waals surface area contributed by atoms with Crippen LogP contribution in [0.2, 0.25) is 0 Å². The van der Waals surface area contributed by atoms with Crippen LogP contribution in [0.15, 0.2) is 12.4 Å². The fraction of sp³-hybridized carbons (Fsp3) is 0.812. The van der Waals surface area contributed by atoms with Crippen molar-refractivity contribution in [3.8, 4) is 0 Å². The highest BCUT2D eigenvalue weighted by Gasteiger charge is 2.34. The predicted octanol–water partition coefficient (Wildman–Crippen LogP) is 2.53. The first-order valence-electron chi connectivity index (χ1n) is 8.32. The van der Waals surface area contributed by atoms with Gasteiger partial charge in [0.05, 0.1) is 25.1 Å². The molecule has 1 saturated heterocycles. The number of anilines is 1. The number of aromatic nitrogens is 2. The number of rotatable bonds is 5. The Labute approximate surface area is 139 Å². The third kappa shape index (κ3) is 4.37.